The quantitative estimate of drug-likeness (QED) is 0.797. The third-order valence-corrected chi connectivity index (χ3v) is 3.79. The third kappa shape index (κ3) is 3.96. The van der Waals surface area contributed by atoms with Crippen LogP contribution >= 0.6 is 0 Å². The number of carbonyl (C=O) groups excluding carboxylic acids is 1. The Kier molecular flexibility index (Phi) is 4.80. The molecule has 0 aromatic rings. The van der Waals surface area contributed by atoms with Crippen LogP contribution < -0.4 is 5.32 Å². The number of nitrogens with one attached hydrogen (secondary N) is 1. The minimum Gasteiger partial charge on any atom is -0.376 e. The Hall–Kier alpha value is -0.610. The van der Waals surface area contributed by atoms with Gasteiger partial charge in [-0.1, -0.05) is 0 Å². The fourth-order valence-corrected chi connectivity index (χ4v) is 2.70. The molecule has 0 bridgehead atoms. The Bertz CT molecular complexity index is 246. The lowest BCUT2D eigenvalue weighted by molar-refractivity contribution is -0.132. The summed E-state index contributed by atoms with van der Waals surface area (Å²) < 4.78 is 5.56. The highest BCUT2D eigenvalue weighted by atomic mass is 16.5. The van der Waals surface area contributed by atoms with Gasteiger partial charge in [0.05, 0.1) is 6.10 Å². The number of hydrogen-bond acceptors (Lipinski definition) is 3. The van der Waals surface area contributed by atoms with Crippen molar-refractivity contribution in [2.24, 2.45) is 5.92 Å². The smallest absolute Gasteiger partial charge is 0.222 e. The SMILES string of the molecule is CN(CC1CCCO1)C(=O)CC1CCCNC1. The van der Waals surface area contributed by atoms with Gasteiger partial charge in [0.15, 0.2) is 0 Å². The van der Waals surface area contributed by atoms with E-state index in [1.165, 1.54) is 12.8 Å². The number of carbonyl (C=O) groups is 1. The minimum atomic E-state index is 0.272. The van der Waals surface area contributed by atoms with Gasteiger partial charge in [-0.15, -0.1) is 0 Å². The number of likely N-dealkylation sites (N-methyl/N-ethyl adjacent to an activating group) is 1. The van der Waals surface area contributed by atoms with Crippen molar-refractivity contribution >= 4 is 5.91 Å². The molecule has 2 aliphatic heterocycles. The van der Waals surface area contributed by atoms with Crippen molar-refractivity contribution in [1.82, 2.24) is 10.2 Å². The number of hydrogen-bond donors (Lipinski definition) is 1. The van der Waals surface area contributed by atoms with E-state index < -0.39 is 0 Å². The van der Waals surface area contributed by atoms with E-state index in [0.717, 1.165) is 39.1 Å². The number of amides is 1. The summed E-state index contributed by atoms with van der Waals surface area (Å²) in [7, 11) is 1.90. The molecule has 4 nitrogen and oxygen atoms in total. The van der Waals surface area contributed by atoms with Crippen LogP contribution in [0.25, 0.3) is 0 Å². The van der Waals surface area contributed by atoms with Gasteiger partial charge >= 0.3 is 0 Å². The van der Waals surface area contributed by atoms with Crippen molar-refractivity contribution in [1.29, 1.82) is 0 Å². The van der Waals surface area contributed by atoms with Crippen LogP contribution in [0.3, 0.4) is 0 Å². The van der Waals surface area contributed by atoms with Crippen molar-refractivity contribution in [3.63, 3.8) is 0 Å². The van der Waals surface area contributed by atoms with E-state index in [4.69, 9.17) is 4.74 Å². The second kappa shape index (κ2) is 6.36. The summed E-state index contributed by atoms with van der Waals surface area (Å²) in [5.41, 5.74) is 0. The van der Waals surface area contributed by atoms with E-state index in [2.05, 4.69) is 5.32 Å². The van der Waals surface area contributed by atoms with Gasteiger partial charge in [0.2, 0.25) is 5.91 Å². The van der Waals surface area contributed by atoms with Crippen LogP contribution in [0.4, 0.5) is 0 Å². The molecule has 2 atom stereocenters. The molecule has 2 heterocycles. The summed E-state index contributed by atoms with van der Waals surface area (Å²) in [6, 6.07) is 0. The number of nitrogens with zero attached hydrogens (tertiary/aromatic N) is 1. The van der Waals surface area contributed by atoms with Crippen molar-refractivity contribution in [2.45, 2.75) is 38.2 Å². The molecule has 1 N–H and O–H groups in total. The molecule has 1 amide bonds. The molecular weight excluding hydrogens is 216 g/mol. The number of rotatable bonds is 4. The normalized spacial score (nSPS) is 29.2. The zero-order valence-corrected chi connectivity index (χ0v) is 10.8. The highest BCUT2D eigenvalue weighted by molar-refractivity contribution is 5.76. The lowest BCUT2D eigenvalue weighted by Crippen LogP contribution is -2.38. The fourth-order valence-electron chi connectivity index (χ4n) is 2.70. The molecule has 17 heavy (non-hydrogen) atoms. The van der Waals surface area contributed by atoms with E-state index in [-0.39, 0.29) is 12.0 Å². The molecule has 0 aromatic heterocycles. The Morgan fingerprint density at radius 2 is 2.29 bits per heavy atom. The van der Waals surface area contributed by atoms with E-state index in [1.807, 2.05) is 11.9 Å². The summed E-state index contributed by atoms with van der Waals surface area (Å²) in [4.78, 5) is 13.9. The molecule has 2 saturated heterocycles. The largest absolute Gasteiger partial charge is 0.376 e. The first-order valence-corrected chi connectivity index (χ1v) is 6.82. The Morgan fingerprint density at radius 3 is 2.94 bits per heavy atom. The summed E-state index contributed by atoms with van der Waals surface area (Å²) >= 11 is 0. The van der Waals surface area contributed by atoms with Gasteiger partial charge in [-0.05, 0) is 44.7 Å². The first-order valence-electron chi connectivity index (χ1n) is 6.82. The molecule has 0 spiro atoms. The van der Waals surface area contributed by atoms with Crippen molar-refractivity contribution in [3.8, 4) is 0 Å². The van der Waals surface area contributed by atoms with Gasteiger partial charge < -0.3 is 15.0 Å². The van der Waals surface area contributed by atoms with Gasteiger partial charge in [-0.2, -0.15) is 0 Å². The van der Waals surface area contributed by atoms with Gasteiger partial charge in [0, 0.05) is 26.6 Å². The van der Waals surface area contributed by atoms with Crippen LogP contribution in [0.15, 0.2) is 0 Å². The van der Waals surface area contributed by atoms with Gasteiger partial charge in [-0.25, -0.2) is 0 Å². The van der Waals surface area contributed by atoms with Crippen molar-refractivity contribution < 1.29 is 9.53 Å². The van der Waals surface area contributed by atoms with Crippen molar-refractivity contribution in [2.75, 3.05) is 33.3 Å². The summed E-state index contributed by atoms with van der Waals surface area (Å²) in [6.45, 7) is 3.73. The first-order chi connectivity index (χ1) is 8.25. The topological polar surface area (TPSA) is 41.6 Å². The molecule has 2 aliphatic rings. The predicted octanol–water partition coefficient (Wildman–Crippen LogP) is 1.01. The van der Waals surface area contributed by atoms with E-state index >= 15 is 0 Å². The predicted molar refractivity (Wildman–Crippen MR) is 66.8 cm³/mol. The average molecular weight is 240 g/mol. The fraction of sp³-hybridized carbons (Fsp3) is 0.923. The molecule has 0 aromatic carbocycles. The Balaban J connectivity index is 1.70. The lowest BCUT2D eigenvalue weighted by Gasteiger charge is -2.26. The Labute approximate surface area is 104 Å². The molecule has 2 fully saturated rings. The Morgan fingerprint density at radius 1 is 1.41 bits per heavy atom. The third-order valence-electron chi connectivity index (χ3n) is 3.79. The van der Waals surface area contributed by atoms with Crippen LogP contribution in [0.1, 0.15) is 32.1 Å². The van der Waals surface area contributed by atoms with Crippen LogP contribution in [0.5, 0.6) is 0 Å². The van der Waals surface area contributed by atoms with E-state index in [1.54, 1.807) is 0 Å². The molecule has 2 rings (SSSR count). The zero-order valence-electron chi connectivity index (χ0n) is 10.8. The van der Waals surface area contributed by atoms with Crippen LogP contribution in [0.2, 0.25) is 0 Å². The lowest BCUT2D eigenvalue weighted by atomic mass is 9.95. The van der Waals surface area contributed by atoms with E-state index in [0.29, 0.717) is 12.3 Å². The maximum Gasteiger partial charge on any atom is 0.222 e. The summed E-state index contributed by atoms with van der Waals surface area (Å²) in [5.74, 6) is 0.803. The van der Waals surface area contributed by atoms with Gasteiger partial charge in [0.25, 0.3) is 0 Å². The highest BCUT2D eigenvalue weighted by Gasteiger charge is 2.22. The average Bonchev–Trinajstić information content (AvgIpc) is 2.83. The maximum atomic E-state index is 12.0. The van der Waals surface area contributed by atoms with Gasteiger partial charge in [-0.3, -0.25) is 4.79 Å². The van der Waals surface area contributed by atoms with Crippen LogP contribution in [0, 0.1) is 5.92 Å². The highest BCUT2D eigenvalue weighted by Crippen LogP contribution is 2.17. The van der Waals surface area contributed by atoms with Crippen LogP contribution in [-0.4, -0.2) is 50.2 Å². The number of ether oxygens (including phenoxy) is 1. The summed E-state index contributed by atoms with van der Waals surface area (Å²) in [5, 5.41) is 3.36. The van der Waals surface area contributed by atoms with Crippen LogP contribution in [-0.2, 0) is 9.53 Å². The first kappa shape index (κ1) is 12.8. The van der Waals surface area contributed by atoms with Gasteiger partial charge in [0.1, 0.15) is 0 Å². The molecule has 0 radical (unpaired) electrons. The maximum absolute atomic E-state index is 12.0. The van der Waals surface area contributed by atoms with Crippen molar-refractivity contribution in [3.05, 3.63) is 0 Å². The molecule has 98 valence electrons. The molecule has 2 unspecified atom stereocenters. The van der Waals surface area contributed by atoms with E-state index in [9.17, 15) is 4.79 Å². The summed E-state index contributed by atoms with van der Waals surface area (Å²) in [6.07, 6.45) is 5.59. The zero-order chi connectivity index (χ0) is 12.1. The molecule has 0 aliphatic carbocycles. The minimum absolute atomic E-state index is 0.272. The molecular formula is C13H24N2O2. The second-order valence-corrected chi connectivity index (χ2v) is 5.33. The molecule has 4 heteroatoms. The second-order valence-electron chi connectivity index (χ2n) is 5.33. The number of piperidine rings is 1. The standard InChI is InChI=1S/C13H24N2O2/c1-15(10-12-5-3-7-17-12)13(16)8-11-4-2-6-14-9-11/h11-12,14H,2-10H2,1H3. The monoisotopic (exact) mass is 240 g/mol. The molecule has 0 saturated carbocycles.